The van der Waals surface area contributed by atoms with Gasteiger partial charge in [-0.15, -0.1) is 0 Å². The van der Waals surface area contributed by atoms with Crippen molar-refractivity contribution in [2.45, 2.75) is 25.4 Å². The van der Waals surface area contributed by atoms with E-state index in [1.54, 1.807) is 17.0 Å². The first-order chi connectivity index (χ1) is 12.7. The lowest BCUT2D eigenvalue weighted by Gasteiger charge is -2.22. The van der Waals surface area contributed by atoms with Crippen molar-refractivity contribution in [1.29, 1.82) is 0 Å². The van der Waals surface area contributed by atoms with Crippen LogP contribution in [-0.2, 0) is 4.74 Å². The van der Waals surface area contributed by atoms with Crippen molar-refractivity contribution in [2.24, 2.45) is 0 Å². The van der Waals surface area contributed by atoms with Gasteiger partial charge in [-0.2, -0.15) is 0 Å². The van der Waals surface area contributed by atoms with Gasteiger partial charge in [-0.1, -0.05) is 0 Å². The molecule has 26 heavy (non-hydrogen) atoms. The number of rotatable bonds is 7. The van der Waals surface area contributed by atoms with Gasteiger partial charge in [0.05, 0.1) is 6.10 Å². The summed E-state index contributed by atoms with van der Waals surface area (Å²) >= 11 is 0. The summed E-state index contributed by atoms with van der Waals surface area (Å²) in [6.07, 6.45) is 3.53. The van der Waals surface area contributed by atoms with Crippen molar-refractivity contribution in [3.8, 4) is 5.75 Å². The van der Waals surface area contributed by atoms with Crippen LogP contribution in [-0.4, -0.2) is 62.5 Å². The van der Waals surface area contributed by atoms with Crippen LogP contribution < -0.4 is 20.7 Å². The third-order valence-electron chi connectivity index (χ3n) is 4.43. The van der Waals surface area contributed by atoms with Gasteiger partial charge in [0.15, 0.2) is 0 Å². The first kappa shape index (κ1) is 18.3. The number of hydrogen-bond acceptors (Lipinski definition) is 4. The molecule has 0 saturated carbocycles. The van der Waals surface area contributed by atoms with Gasteiger partial charge in [-0.05, 0) is 43.5 Å². The molecule has 142 valence electrons. The topological polar surface area (TPSA) is 91.9 Å². The third kappa shape index (κ3) is 5.52. The number of nitrogens with one attached hydrogen (secondary N) is 3. The van der Waals surface area contributed by atoms with Crippen LogP contribution in [0.25, 0.3) is 0 Å². The highest BCUT2D eigenvalue weighted by molar-refractivity contribution is 5.89. The van der Waals surface area contributed by atoms with E-state index in [-0.39, 0.29) is 18.2 Å². The molecular weight excluding hydrogens is 336 g/mol. The second-order valence-electron chi connectivity index (χ2n) is 6.42. The van der Waals surface area contributed by atoms with Crippen LogP contribution in [0.2, 0.25) is 0 Å². The maximum Gasteiger partial charge on any atom is 0.319 e. The summed E-state index contributed by atoms with van der Waals surface area (Å²) in [4.78, 5) is 25.0. The van der Waals surface area contributed by atoms with Gasteiger partial charge >= 0.3 is 12.1 Å². The van der Waals surface area contributed by atoms with Crippen molar-refractivity contribution < 1.29 is 19.1 Å². The molecule has 0 aliphatic carbocycles. The number of urea groups is 2. The number of benzene rings is 1. The van der Waals surface area contributed by atoms with E-state index in [1.165, 1.54) is 6.42 Å². The molecule has 8 nitrogen and oxygen atoms in total. The average Bonchev–Trinajstić information content (AvgIpc) is 3.07. The minimum Gasteiger partial charge on any atom is -0.491 e. The second kappa shape index (κ2) is 9.28. The van der Waals surface area contributed by atoms with E-state index in [0.717, 1.165) is 25.2 Å². The van der Waals surface area contributed by atoms with Crippen molar-refractivity contribution >= 4 is 17.7 Å². The van der Waals surface area contributed by atoms with Crippen molar-refractivity contribution in [2.75, 3.05) is 44.7 Å². The van der Waals surface area contributed by atoms with Crippen LogP contribution >= 0.6 is 0 Å². The van der Waals surface area contributed by atoms with Crippen LogP contribution in [0.3, 0.4) is 0 Å². The second-order valence-corrected chi connectivity index (χ2v) is 6.42. The Hall–Kier alpha value is -2.48. The molecule has 1 atom stereocenters. The van der Waals surface area contributed by atoms with Gasteiger partial charge < -0.3 is 30.3 Å². The molecule has 2 heterocycles. The largest absolute Gasteiger partial charge is 0.491 e. The Morgan fingerprint density at radius 3 is 2.85 bits per heavy atom. The van der Waals surface area contributed by atoms with E-state index in [1.807, 2.05) is 12.1 Å². The Morgan fingerprint density at radius 1 is 1.31 bits per heavy atom. The maximum absolute atomic E-state index is 11.9. The fraction of sp³-hybridized carbons (Fsp3) is 0.556. The number of nitrogens with zero attached hydrogens (tertiary/aromatic N) is 1. The molecule has 0 aromatic heterocycles. The summed E-state index contributed by atoms with van der Waals surface area (Å²) in [5.41, 5.74) is 0.683. The van der Waals surface area contributed by atoms with Crippen molar-refractivity contribution in [1.82, 2.24) is 15.5 Å². The molecule has 3 N–H and O–H groups in total. The summed E-state index contributed by atoms with van der Waals surface area (Å²) in [7, 11) is 0. The zero-order valence-electron chi connectivity index (χ0n) is 14.8. The zero-order chi connectivity index (χ0) is 18.2. The first-order valence-electron chi connectivity index (χ1n) is 9.13. The lowest BCUT2D eigenvalue weighted by Crippen LogP contribution is -2.38. The Morgan fingerprint density at radius 2 is 2.15 bits per heavy atom. The highest BCUT2D eigenvalue weighted by Gasteiger charge is 2.18. The minimum absolute atomic E-state index is 0.0820. The molecule has 4 amide bonds. The molecule has 1 aromatic carbocycles. The Balaban J connectivity index is 1.35. The van der Waals surface area contributed by atoms with Crippen LogP contribution in [0.15, 0.2) is 24.3 Å². The normalized spacial score (nSPS) is 19.8. The molecule has 0 unspecified atom stereocenters. The molecule has 0 radical (unpaired) electrons. The lowest BCUT2D eigenvalue weighted by molar-refractivity contribution is -0.0110. The quantitative estimate of drug-likeness (QED) is 0.689. The number of amides is 4. The highest BCUT2D eigenvalue weighted by atomic mass is 16.5. The number of anilines is 1. The Labute approximate surface area is 153 Å². The average molecular weight is 362 g/mol. The van der Waals surface area contributed by atoms with E-state index >= 15 is 0 Å². The predicted octanol–water partition coefficient (Wildman–Crippen LogP) is 1.78. The van der Waals surface area contributed by atoms with E-state index in [2.05, 4.69) is 16.0 Å². The van der Waals surface area contributed by atoms with E-state index in [0.29, 0.717) is 38.5 Å². The Bertz CT molecular complexity index is 602. The van der Waals surface area contributed by atoms with Crippen LogP contribution in [0.1, 0.15) is 19.3 Å². The standard InChI is InChI=1S/C18H26N4O4/c23-17(19-8-10-22-11-9-20-18(22)24)21-14-4-6-15(7-5-14)26-13-16-3-1-2-12-25-16/h4-7,16H,1-3,8-13H2,(H,20,24)(H2,19,21,23)/t16-/m0/s1. The summed E-state index contributed by atoms with van der Waals surface area (Å²) in [6, 6.07) is 6.87. The monoisotopic (exact) mass is 362 g/mol. The van der Waals surface area contributed by atoms with E-state index in [4.69, 9.17) is 9.47 Å². The van der Waals surface area contributed by atoms with E-state index < -0.39 is 0 Å². The highest BCUT2D eigenvalue weighted by Crippen LogP contribution is 2.18. The number of hydrogen-bond donors (Lipinski definition) is 3. The molecule has 0 bridgehead atoms. The molecule has 2 aliphatic heterocycles. The van der Waals surface area contributed by atoms with E-state index in [9.17, 15) is 9.59 Å². The van der Waals surface area contributed by atoms with Crippen molar-refractivity contribution in [3.05, 3.63) is 24.3 Å². The minimum atomic E-state index is -0.297. The van der Waals surface area contributed by atoms with Crippen LogP contribution in [0, 0.1) is 0 Å². The number of carbonyl (C=O) groups is 2. The summed E-state index contributed by atoms with van der Waals surface area (Å²) < 4.78 is 11.4. The fourth-order valence-corrected chi connectivity index (χ4v) is 2.97. The molecule has 8 heteroatoms. The Kier molecular flexibility index (Phi) is 6.54. The molecular formula is C18H26N4O4. The van der Waals surface area contributed by atoms with Gasteiger partial charge in [0.1, 0.15) is 12.4 Å². The lowest BCUT2D eigenvalue weighted by atomic mass is 10.1. The molecule has 2 aliphatic rings. The third-order valence-corrected chi connectivity index (χ3v) is 4.43. The number of carbonyl (C=O) groups excluding carboxylic acids is 2. The van der Waals surface area contributed by atoms with Gasteiger partial charge in [0, 0.05) is 38.5 Å². The number of ether oxygens (including phenoxy) is 2. The molecule has 2 fully saturated rings. The maximum atomic E-state index is 11.9. The van der Waals surface area contributed by atoms with Gasteiger partial charge in [-0.3, -0.25) is 0 Å². The smallest absolute Gasteiger partial charge is 0.319 e. The van der Waals surface area contributed by atoms with Gasteiger partial charge in [0.2, 0.25) is 0 Å². The van der Waals surface area contributed by atoms with Crippen LogP contribution in [0.5, 0.6) is 5.75 Å². The summed E-state index contributed by atoms with van der Waals surface area (Å²) in [6.45, 7) is 3.60. The van der Waals surface area contributed by atoms with Gasteiger partial charge in [-0.25, -0.2) is 9.59 Å². The first-order valence-corrected chi connectivity index (χ1v) is 9.13. The van der Waals surface area contributed by atoms with Crippen LogP contribution in [0.4, 0.5) is 15.3 Å². The SMILES string of the molecule is O=C(NCCN1CCNC1=O)Nc1ccc(OC[C@@H]2CCCCO2)cc1. The summed E-state index contributed by atoms with van der Waals surface area (Å²) in [5, 5.41) is 8.23. The molecule has 3 rings (SSSR count). The zero-order valence-corrected chi connectivity index (χ0v) is 14.8. The van der Waals surface area contributed by atoms with Gasteiger partial charge in [0.25, 0.3) is 0 Å². The fourth-order valence-electron chi connectivity index (χ4n) is 2.97. The van der Waals surface area contributed by atoms with Crippen molar-refractivity contribution in [3.63, 3.8) is 0 Å². The predicted molar refractivity (Wildman–Crippen MR) is 97.5 cm³/mol. The molecule has 2 saturated heterocycles. The summed E-state index contributed by atoms with van der Waals surface area (Å²) in [5.74, 6) is 0.755. The molecule has 1 aromatic rings. The molecule has 0 spiro atoms.